The fourth-order valence-electron chi connectivity index (χ4n) is 5.41. The quantitative estimate of drug-likeness (QED) is 0.198. The topological polar surface area (TPSA) is 69.7 Å². The average Bonchev–Trinajstić information content (AvgIpc) is 3.01. The third-order valence-electron chi connectivity index (χ3n) is 7.65. The van der Waals surface area contributed by atoms with Crippen LogP contribution in [0.1, 0.15) is 38.8 Å². The highest BCUT2D eigenvalue weighted by atomic mass is 35.5. The molecule has 0 fully saturated rings. The van der Waals surface area contributed by atoms with Crippen LogP contribution in [0, 0.1) is 19.7 Å². The van der Waals surface area contributed by atoms with E-state index < -0.39 is 27.9 Å². The molecule has 0 unspecified atom stereocenters. The number of benzene rings is 5. The standard InChI is InChI=1S/C35H29ClFN3O3S/c1-23-11-15-26(16-12-23)38-44(42,43)28-19-20-32-29(21-28)35(41)40(27-17-13-24(2)14-18-27)34(33-30(36)9-6-10-31(33)37)39(32)22-25-7-4-3-5-8-25/h3-21,34,38H,22H2,1-2H3/t34-/m1/s1. The van der Waals surface area contributed by atoms with Crippen LogP contribution in [0.25, 0.3) is 0 Å². The van der Waals surface area contributed by atoms with Crippen LogP contribution in [0.4, 0.5) is 21.5 Å². The molecule has 0 bridgehead atoms. The summed E-state index contributed by atoms with van der Waals surface area (Å²) in [4.78, 5) is 17.8. The Hall–Kier alpha value is -4.66. The van der Waals surface area contributed by atoms with Gasteiger partial charge in [0.25, 0.3) is 15.9 Å². The summed E-state index contributed by atoms with van der Waals surface area (Å²) >= 11 is 6.66. The predicted octanol–water partition coefficient (Wildman–Crippen LogP) is 8.26. The first kappa shape index (κ1) is 29.4. The minimum Gasteiger partial charge on any atom is -0.342 e. The Balaban J connectivity index is 1.55. The van der Waals surface area contributed by atoms with Crippen molar-refractivity contribution in [2.24, 2.45) is 0 Å². The van der Waals surface area contributed by atoms with E-state index in [2.05, 4.69) is 4.72 Å². The lowest BCUT2D eigenvalue weighted by atomic mass is 9.98. The summed E-state index contributed by atoms with van der Waals surface area (Å²) in [6, 6.07) is 32.8. The van der Waals surface area contributed by atoms with Crippen molar-refractivity contribution in [1.29, 1.82) is 0 Å². The fourth-order valence-corrected chi connectivity index (χ4v) is 6.75. The molecule has 9 heteroatoms. The van der Waals surface area contributed by atoms with Gasteiger partial charge in [0.1, 0.15) is 12.0 Å². The van der Waals surface area contributed by atoms with Crippen LogP contribution in [-0.2, 0) is 16.6 Å². The second-order valence-electron chi connectivity index (χ2n) is 10.8. The molecule has 1 atom stereocenters. The molecule has 0 radical (unpaired) electrons. The van der Waals surface area contributed by atoms with E-state index in [1.54, 1.807) is 36.4 Å². The number of nitrogens with one attached hydrogen (secondary N) is 1. The van der Waals surface area contributed by atoms with Gasteiger partial charge in [0, 0.05) is 23.5 Å². The number of halogens is 2. The number of carbonyl (C=O) groups is 1. The fraction of sp³-hybridized carbons (Fsp3) is 0.114. The van der Waals surface area contributed by atoms with Crippen molar-refractivity contribution in [3.63, 3.8) is 0 Å². The number of carbonyl (C=O) groups excluding carboxylic acids is 1. The highest BCUT2D eigenvalue weighted by Crippen LogP contribution is 2.45. The van der Waals surface area contributed by atoms with E-state index in [1.165, 1.54) is 29.2 Å². The normalized spacial score (nSPS) is 14.8. The van der Waals surface area contributed by atoms with Gasteiger partial charge in [-0.3, -0.25) is 14.4 Å². The third kappa shape index (κ3) is 5.66. The second kappa shape index (κ2) is 11.8. The lowest BCUT2D eigenvalue weighted by Gasteiger charge is -2.46. The first-order valence-electron chi connectivity index (χ1n) is 14.0. The van der Waals surface area contributed by atoms with Gasteiger partial charge < -0.3 is 4.90 Å². The largest absolute Gasteiger partial charge is 0.342 e. The van der Waals surface area contributed by atoms with Crippen molar-refractivity contribution in [2.45, 2.75) is 31.5 Å². The monoisotopic (exact) mass is 625 g/mol. The van der Waals surface area contributed by atoms with Crippen molar-refractivity contribution < 1.29 is 17.6 Å². The van der Waals surface area contributed by atoms with E-state index in [-0.39, 0.29) is 27.6 Å². The third-order valence-corrected chi connectivity index (χ3v) is 9.35. The zero-order valence-electron chi connectivity index (χ0n) is 24.0. The molecule has 0 saturated heterocycles. The van der Waals surface area contributed by atoms with Crippen LogP contribution < -0.4 is 14.5 Å². The van der Waals surface area contributed by atoms with E-state index in [0.717, 1.165) is 16.7 Å². The summed E-state index contributed by atoms with van der Waals surface area (Å²) in [5.41, 5.74) is 4.56. The van der Waals surface area contributed by atoms with Crippen molar-refractivity contribution in [1.82, 2.24) is 0 Å². The zero-order valence-corrected chi connectivity index (χ0v) is 25.6. The van der Waals surface area contributed by atoms with Gasteiger partial charge in [-0.05, 0) is 74.0 Å². The molecule has 0 aromatic heterocycles. The molecule has 1 aliphatic heterocycles. The van der Waals surface area contributed by atoms with Crippen LogP contribution in [0.15, 0.2) is 120 Å². The molecular formula is C35H29ClFN3O3S. The van der Waals surface area contributed by atoms with E-state index in [4.69, 9.17) is 11.6 Å². The van der Waals surface area contributed by atoms with Gasteiger partial charge in [-0.1, -0.05) is 83.4 Å². The lowest BCUT2D eigenvalue weighted by Crippen LogP contribution is -2.50. The van der Waals surface area contributed by atoms with E-state index >= 15 is 4.39 Å². The summed E-state index contributed by atoms with van der Waals surface area (Å²) in [6.07, 6.45) is -0.972. The number of sulfonamides is 1. The first-order chi connectivity index (χ1) is 21.1. The Bertz CT molecular complexity index is 1930. The van der Waals surface area contributed by atoms with Gasteiger partial charge in [-0.15, -0.1) is 0 Å². The summed E-state index contributed by atoms with van der Waals surface area (Å²) in [7, 11) is -4.05. The number of rotatable bonds is 7. The van der Waals surface area contributed by atoms with Gasteiger partial charge in [-0.2, -0.15) is 0 Å². The molecule has 5 aromatic rings. The Morgan fingerprint density at radius 2 is 1.48 bits per heavy atom. The molecule has 1 aliphatic rings. The first-order valence-corrected chi connectivity index (χ1v) is 15.9. The van der Waals surface area contributed by atoms with Gasteiger partial charge in [0.15, 0.2) is 0 Å². The molecule has 0 aliphatic carbocycles. The summed E-state index contributed by atoms with van der Waals surface area (Å²) < 4.78 is 45.3. The lowest BCUT2D eigenvalue weighted by molar-refractivity contribution is 0.0967. The van der Waals surface area contributed by atoms with E-state index in [1.807, 2.05) is 73.3 Å². The van der Waals surface area contributed by atoms with Crippen LogP contribution in [0.2, 0.25) is 5.02 Å². The Morgan fingerprint density at radius 1 is 0.818 bits per heavy atom. The number of amides is 1. The minimum absolute atomic E-state index is 0.0731. The molecule has 222 valence electrons. The SMILES string of the molecule is Cc1ccc(NS(=O)(=O)c2ccc3c(c2)C(=O)N(c2ccc(C)cc2)[C@H](c2c(F)cccc2Cl)N3Cc2ccccc2)cc1. The van der Waals surface area contributed by atoms with Crippen LogP contribution >= 0.6 is 11.6 Å². The second-order valence-corrected chi connectivity index (χ2v) is 12.9. The molecular weight excluding hydrogens is 597 g/mol. The molecule has 0 saturated carbocycles. The molecule has 6 nitrogen and oxygen atoms in total. The highest BCUT2D eigenvalue weighted by Gasteiger charge is 2.42. The van der Waals surface area contributed by atoms with Crippen molar-refractivity contribution in [2.75, 3.05) is 14.5 Å². The minimum atomic E-state index is -4.05. The molecule has 5 aromatic carbocycles. The number of aryl methyl sites for hydroxylation is 2. The highest BCUT2D eigenvalue weighted by molar-refractivity contribution is 7.92. The summed E-state index contributed by atoms with van der Waals surface area (Å²) in [5, 5.41) is 0.169. The average molecular weight is 626 g/mol. The summed E-state index contributed by atoms with van der Waals surface area (Å²) in [5.74, 6) is -1.04. The van der Waals surface area contributed by atoms with E-state index in [9.17, 15) is 13.2 Å². The summed E-state index contributed by atoms with van der Waals surface area (Å²) in [6.45, 7) is 4.13. The van der Waals surface area contributed by atoms with Crippen molar-refractivity contribution >= 4 is 44.6 Å². The number of nitrogens with zero attached hydrogens (tertiary/aromatic N) is 2. The van der Waals surface area contributed by atoms with Gasteiger partial charge in [0.05, 0.1) is 21.2 Å². The maximum atomic E-state index is 15.7. The Kier molecular flexibility index (Phi) is 7.88. The number of fused-ring (bicyclic) bond motifs is 1. The maximum Gasteiger partial charge on any atom is 0.262 e. The van der Waals surface area contributed by atoms with E-state index in [0.29, 0.717) is 17.1 Å². The Labute approximate surface area is 261 Å². The van der Waals surface area contributed by atoms with Gasteiger partial charge in [-0.25, -0.2) is 12.8 Å². The molecule has 44 heavy (non-hydrogen) atoms. The molecule has 0 spiro atoms. The van der Waals surface area contributed by atoms with Gasteiger partial charge in [0.2, 0.25) is 0 Å². The van der Waals surface area contributed by atoms with Crippen LogP contribution in [0.5, 0.6) is 0 Å². The Morgan fingerprint density at radius 3 is 2.14 bits per heavy atom. The molecule has 1 amide bonds. The number of hydrogen-bond acceptors (Lipinski definition) is 4. The molecule has 1 N–H and O–H groups in total. The van der Waals surface area contributed by atoms with Crippen LogP contribution in [0.3, 0.4) is 0 Å². The molecule has 6 rings (SSSR count). The number of hydrogen-bond donors (Lipinski definition) is 1. The molecule has 1 heterocycles. The smallest absolute Gasteiger partial charge is 0.262 e. The zero-order chi connectivity index (χ0) is 31.0. The number of anilines is 3. The van der Waals surface area contributed by atoms with Gasteiger partial charge >= 0.3 is 0 Å². The predicted molar refractivity (Wildman–Crippen MR) is 173 cm³/mol. The van der Waals surface area contributed by atoms with Crippen molar-refractivity contribution in [3.05, 3.63) is 154 Å². The van der Waals surface area contributed by atoms with Crippen LogP contribution in [-0.4, -0.2) is 14.3 Å². The van der Waals surface area contributed by atoms with Crippen molar-refractivity contribution in [3.8, 4) is 0 Å². The maximum absolute atomic E-state index is 15.7.